The molecule has 3 rings (SSSR count). The topological polar surface area (TPSA) is 83.8 Å². The van der Waals surface area contributed by atoms with Gasteiger partial charge in [0, 0.05) is 18.3 Å². The molecule has 1 saturated carbocycles. The van der Waals surface area contributed by atoms with Gasteiger partial charge >= 0.3 is 5.97 Å². The maximum Gasteiger partial charge on any atom is 0.305 e. The second-order valence-electron chi connectivity index (χ2n) is 10.7. The molecule has 0 aliphatic heterocycles. The fourth-order valence-corrected chi connectivity index (χ4v) is 5.08. The van der Waals surface area contributed by atoms with E-state index in [-0.39, 0.29) is 23.6 Å². The molecule has 4 atom stereocenters. The summed E-state index contributed by atoms with van der Waals surface area (Å²) in [5.41, 5.74) is 0.345. The summed E-state index contributed by atoms with van der Waals surface area (Å²) in [6.07, 6.45) is 10.6. The van der Waals surface area contributed by atoms with Crippen molar-refractivity contribution in [2.45, 2.75) is 77.9 Å². The molecule has 5 heteroatoms. The number of hydrogen-bond acceptors (Lipinski definition) is 5. The Hall–Kier alpha value is -2.76. The maximum absolute atomic E-state index is 13.1. The van der Waals surface area contributed by atoms with Gasteiger partial charge in [0.1, 0.15) is 5.78 Å². The summed E-state index contributed by atoms with van der Waals surface area (Å²) in [5, 5.41) is 23.9. The molecule has 1 aliphatic carbocycles. The van der Waals surface area contributed by atoms with Crippen LogP contribution in [0.25, 0.3) is 10.8 Å². The Bertz CT molecular complexity index is 1100. The number of unbranched alkanes of at least 4 members (excludes halogenated alkanes) is 1. The zero-order valence-electron chi connectivity index (χ0n) is 22.4. The number of aliphatic hydroxyl groups is 2. The van der Waals surface area contributed by atoms with Crippen molar-refractivity contribution in [3.8, 4) is 0 Å². The van der Waals surface area contributed by atoms with Gasteiger partial charge in [-0.1, -0.05) is 87.5 Å². The van der Waals surface area contributed by atoms with E-state index in [0.29, 0.717) is 32.3 Å². The first kappa shape index (κ1) is 28.8. The van der Waals surface area contributed by atoms with Gasteiger partial charge in [-0.25, -0.2) is 0 Å². The number of ketones is 1. The zero-order valence-corrected chi connectivity index (χ0v) is 22.4. The highest BCUT2D eigenvalue weighted by Crippen LogP contribution is 2.44. The number of aryl methyl sites for hydroxylation is 1. The molecule has 0 saturated heterocycles. The molecule has 0 bridgehead atoms. The lowest BCUT2D eigenvalue weighted by Gasteiger charge is -2.22. The van der Waals surface area contributed by atoms with Crippen molar-refractivity contribution in [3.63, 3.8) is 0 Å². The van der Waals surface area contributed by atoms with Crippen LogP contribution in [-0.4, -0.2) is 40.8 Å². The summed E-state index contributed by atoms with van der Waals surface area (Å²) in [7, 11) is 0. The highest BCUT2D eigenvalue weighted by Gasteiger charge is 2.52. The predicted octanol–water partition coefficient (Wildman–Crippen LogP) is 5.96. The highest BCUT2D eigenvalue weighted by molar-refractivity contribution is 5.90. The van der Waals surface area contributed by atoms with Gasteiger partial charge in [-0.15, -0.1) is 0 Å². The van der Waals surface area contributed by atoms with Gasteiger partial charge in [0.25, 0.3) is 0 Å². The van der Waals surface area contributed by atoms with E-state index in [2.05, 4.69) is 30.3 Å². The molecule has 0 aromatic heterocycles. The van der Waals surface area contributed by atoms with E-state index in [1.54, 1.807) is 19.9 Å². The molecule has 2 aromatic carbocycles. The van der Waals surface area contributed by atoms with Gasteiger partial charge in [0.05, 0.1) is 24.2 Å². The summed E-state index contributed by atoms with van der Waals surface area (Å²) >= 11 is 0. The molecule has 37 heavy (non-hydrogen) atoms. The predicted molar refractivity (Wildman–Crippen MR) is 148 cm³/mol. The molecule has 1 aliphatic rings. The second kappa shape index (κ2) is 13.7. The minimum Gasteiger partial charge on any atom is -0.466 e. The van der Waals surface area contributed by atoms with Gasteiger partial charge in [0.15, 0.2) is 0 Å². The highest BCUT2D eigenvalue weighted by atomic mass is 16.5. The molecule has 0 radical (unpaired) electrons. The van der Waals surface area contributed by atoms with E-state index in [0.717, 1.165) is 19.3 Å². The number of benzene rings is 2. The molecule has 5 nitrogen and oxygen atoms in total. The van der Waals surface area contributed by atoms with Crippen LogP contribution in [0.3, 0.4) is 0 Å². The Morgan fingerprint density at radius 1 is 1.14 bits per heavy atom. The van der Waals surface area contributed by atoms with Crippen LogP contribution in [0.4, 0.5) is 0 Å². The number of carbonyl (C=O) groups excluding carboxylic acids is 2. The second-order valence-corrected chi connectivity index (χ2v) is 10.7. The van der Waals surface area contributed by atoms with Crippen molar-refractivity contribution in [2.24, 2.45) is 17.3 Å². The summed E-state index contributed by atoms with van der Waals surface area (Å²) in [6.45, 7) is 6.02. The van der Waals surface area contributed by atoms with E-state index in [1.165, 1.54) is 16.3 Å². The lowest BCUT2D eigenvalue weighted by Crippen LogP contribution is -2.31. The summed E-state index contributed by atoms with van der Waals surface area (Å²) < 4.78 is 5.08. The number of carbonyl (C=O) groups is 2. The van der Waals surface area contributed by atoms with Crippen LogP contribution in [-0.2, 0) is 20.7 Å². The quantitative estimate of drug-likeness (QED) is 0.199. The first-order valence-electron chi connectivity index (χ1n) is 13.6. The molecule has 1 unspecified atom stereocenters. The van der Waals surface area contributed by atoms with Crippen molar-refractivity contribution in [2.75, 3.05) is 6.61 Å². The van der Waals surface area contributed by atoms with Crippen LogP contribution >= 0.6 is 0 Å². The van der Waals surface area contributed by atoms with Crippen LogP contribution in [0.5, 0.6) is 0 Å². The largest absolute Gasteiger partial charge is 0.466 e. The Morgan fingerprint density at radius 3 is 2.65 bits per heavy atom. The van der Waals surface area contributed by atoms with Gasteiger partial charge in [-0.2, -0.15) is 0 Å². The minimum atomic E-state index is -0.827. The molecule has 0 spiro atoms. The third-order valence-electron chi connectivity index (χ3n) is 7.41. The fourth-order valence-electron chi connectivity index (χ4n) is 5.08. The first-order chi connectivity index (χ1) is 17.7. The van der Waals surface area contributed by atoms with E-state index >= 15 is 0 Å². The summed E-state index contributed by atoms with van der Waals surface area (Å²) in [5.74, 6) is -0.797. The van der Waals surface area contributed by atoms with E-state index in [9.17, 15) is 19.8 Å². The van der Waals surface area contributed by atoms with Crippen molar-refractivity contribution in [3.05, 3.63) is 72.3 Å². The number of hydrogen-bond donors (Lipinski definition) is 2. The van der Waals surface area contributed by atoms with Crippen molar-refractivity contribution >= 4 is 22.5 Å². The molecule has 2 N–H and O–H groups in total. The van der Waals surface area contributed by atoms with E-state index < -0.39 is 17.6 Å². The van der Waals surface area contributed by atoms with Gasteiger partial charge in [-0.3, -0.25) is 9.59 Å². The number of esters is 1. The van der Waals surface area contributed by atoms with E-state index in [1.807, 2.05) is 37.3 Å². The van der Waals surface area contributed by atoms with Crippen molar-refractivity contribution in [1.82, 2.24) is 0 Å². The molecule has 2 aromatic rings. The molecular formula is C32H42O5. The molecular weight excluding hydrogens is 464 g/mol. The number of ether oxygens (including phenoxy) is 1. The lowest BCUT2D eigenvalue weighted by molar-refractivity contribution is -0.143. The van der Waals surface area contributed by atoms with Crippen LogP contribution in [0.15, 0.2) is 66.8 Å². The van der Waals surface area contributed by atoms with Gasteiger partial charge in [-0.05, 0) is 54.9 Å². The Morgan fingerprint density at radius 2 is 1.89 bits per heavy atom. The smallest absolute Gasteiger partial charge is 0.305 e. The normalized spacial score (nSPS) is 22.3. The SMILES string of the molecule is CCCOC(=O)CCC/C=C\C[C@H]1C(=O)C(C)(C)[C@@H](O)[C@@H]1/C=C/C(O)CCc1ccc2ccccc2c1. The van der Waals surface area contributed by atoms with Crippen LogP contribution in [0.2, 0.25) is 0 Å². The summed E-state index contributed by atoms with van der Waals surface area (Å²) in [4.78, 5) is 24.7. The van der Waals surface area contributed by atoms with Crippen LogP contribution in [0.1, 0.15) is 64.9 Å². The standard InChI is InChI=1S/C32H42O5/c1-4-21-37-29(34)14-8-6-5-7-13-27-28(31(36)32(2,3)30(27)35)20-19-26(33)18-16-23-15-17-24-11-9-10-12-25(24)22-23/h5,7,9-12,15,17,19-20,22,26-28,31,33,36H,4,6,8,13-14,16,18,21H2,1-3H3/b7-5-,20-19+/t26?,27-,28-,31+/m1/s1. The average Bonchev–Trinajstić information content (AvgIpc) is 3.05. The third kappa shape index (κ3) is 7.86. The molecule has 0 amide bonds. The average molecular weight is 507 g/mol. The Kier molecular flexibility index (Phi) is 10.7. The van der Waals surface area contributed by atoms with Crippen LogP contribution < -0.4 is 0 Å². The molecule has 200 valence electrons. The van der Waals surface area contributed by atoms with Crippen molar-refractivity contribution in [1.29, 1.82) is 0 Å². The van der Waals surface area contributed by atoms with Crippen molar-refractivity contribution < 1.29 is 24.5 Å². The van der Waals surface area contributed by atoms with Gasteiger partial charge < -0.3 is 14.9 Å². The summed E-state index contributed by atoms with van der Waals surface area (Å²) in [6, 6.07) is 14.6. The van der Waals surface area contributed by atoms with E-state index in [4.69, 9.17) is 4.74 Å². The fraction of sp³-hybridized carbons (Fsp3) is 0.500. The Labute approximate surface area is 221 Å². The van der Waals surface area contributed by atoms with Crippen LogP contribution in [0, 0.1) is 17.3 Å². The minimum absolute atomic E-state index is 0.0492. The maximum atomic E-state index is 13.1. The lowest BCUT2D eigenvalue weighted by atomic mass is 9.86. The monoisotopic (exact) mass is 506 g/mol. The first-order valence-corrected chi connectivity index (χ1v) is 13.6. The Balaban J connectivity index is 1.53. The molecule has 1 fully saturated rings. The number of fused-ring (bicyclic) bond motifs is 1. The number of rotatable bonds is 13. The third-order valence-corrected chi connectivity index (χ3v) is 7.41. The molecule has 0 heterocycles. The number of Topliss-reactive ketones (excluding diaryl/α,β-unsaturated/α-hetero) is 1. The van der Waals surface area contributed by atoms with Gasteiger partial charge in [0.2, 0.25) is 0 Å². The number of allylic oxidation sites excluding steroid dienone is 2. The zero-order chi connectivity index (χ0) is 26.8. The number of aliphatic hydroxyl groups excluding tert-OH is 2.